The third-order valence-corrected chi connectivity index (χ3v) is 4.80. The van der Waals surface area contributed by atoms with Gasteiger partial charge in [-0.3, -0.25) is 4.79 Å². The Kier molecular flexibility index (Phi) is 3.21. The van der Waals surface area contributed by atoms with Gasteiger partial charge in [-0.25, -0.2) is 4.39 Å². The predicted molar refractivity (Wildman–Crippen MR) is 84.3 cm³/mol. The Labute approximate surface area is 129 Å². The molecule has 0 heterocycles. The summed E-state index contributed by atoms with van der Waals surface area (Å²) in [5.74, 6) is -0.285. The molecular weight excluding hydrogens is 277 g/mol. The maximum absolute atomic E-state index is 13.8. The third kappa shape index (κ3) is 2.41. The summed E-state index contributed by atoms with van der Waals surface area (Å²) in [6, 6.07) is 12.9. The molecule has 1 amide bonds. The molecule has 2 aromatic rings. The molecule has 2 aliphatic carbocycles. The zero-order valence-corrected chi connectivity index (χ0v) is 12.3. The average Bonchev–Trinajstić information content (AvgIpc) is 3.18. The third-order valence-electron chi connectivity index (χ3n) is 4.80. The Hall–Kier alpha value is -2.16. The van der Waals surface area contributed by atoms with E-state index in [-0.39, 0.29) is 23.6 Å². The molecule has 112 valence electrons. The quantitative estimate of drug-likeness (QED) is 0.909. The van der Waals surface area contributed by atoms with E-state index in [1.165, 1.54) is 23.6 Å². The average molecular weight is 295 g/mol. The van der Waals surface area contributed by atoms with Crippen molar-refractivity contribution in [1.82, 2.24) is 0 Å². The summed E-state index contributed by atoms with van der Waals surface area (Å²) >= 11 is 0. The molecule has 2 nitrogen and oxygen atoms in total. The minimum atomic E-state index is -0.208. The van der Waals surface area contributed by atoms with E-state index in [0.717, 1.165) is 24.9 Å². The van der Waals surface area contributed by atoms with Gasteiger partial charge in [-0.15, -0.1) is 0 Å². The second-order valence-corrected chi connectivity index (χ2v) is 6.30. The summed E-state index contributed by atoms with van der Waals surface area (Å²) in [5, 5.41) is 2.99. The molecule has 4 rings (SSSR count). The van der Waals surface area contributed by atoms with E-state index in [4.69, 9.17) is 0 Å². The molecule has 0 spiro atoms. The molecule has 1 fully saturated rings. The second-order valence-electron chi connectivity index (χ2n) is 6.30. The highest BCUT2D eigenvalue weighted by molar-refractivity contribution is 5.95. The fraction of sp³-hybridized carbons (Fsp3) is 0.316. The smallest absolute Gasteiger partial charge is 0.228 e. The zero-order chi connectivity index (χ0) is 15.1. The molecule has 0 saturated heterocycles. The number of fused-ring (bicyclic) bond motifs is 1. The normalized spacial score (nSPS) is 22.2. The molecule has 0 aromatic heterocycles. The maximum Gasteiger partial charge on any atom is 0.228 e. The van der Waals surface area contributed by atoms with Crippen molar-refractivity contribution in [2.75, 3.05) is 5.32 Å². The van der Waals surface area contributed by atoms with Crippen molar-refractivity contribution in [3.05, 3.63) is 65.0 Å². The topological polar surface area (TPSA) is 29.1 Å². The van der Waals surface area contributed by atoms with Crippen LogP contribution in [0.1, 0.15) is 35.4 Å². The van der Waals surface area contributed by atoms with E-state index in [1.807, 2.05) is 12.1 Å². The first-order valence-electron chi connectivity index (χ1n) is 7.89. The SMILES string of the molecule is O=C(Nc1ccc2c(c1)CCC2)C1CC1c1ccccc1F. The first-order chi connectivity index (χ1) is 10.7. The van der Waals surface area contributed by atoms with E-state index < -0.39 is 0 Å². The number of amides is 1. The minimum absolute atomic E-state index is 0.00574. The van der Waals surface area contributed by atoms with Gasteiger partial charge in [0.25, 0.3) is 0 Å². The Balaban J connectivity index is 1.45. The van der Waals surface area contributed by atoms with Crippen molar-refractivity contribution in [3.63, 3.8) is 0 Å². The highest BCUT2D eigenvalue weighted by Gasteiger charge is 2.45. The van der Waals surface area contributed by atoms with Gasteiger partial charge in [-0.2, -0.15) is 0 Å². The van der Waals surface area contributed by atoms with Crippen LogP contribution in [0.2, 0.25) is 0 Å². The number of carbonyl (C=O) groups excluding carboxylic acids is 1. The number of hydrogen-bond donors (Lipinski definition) is 1. The summed E-state index contributed by atoms with van der Waals surface area (Å²) < 4.78 is 13.8. The highest BCUT2D eigenvalue weighted by atomic mass is 19.1. The van der Waals surface area contributed by atoms with E-state index in [1.54, 1.807) is 12.1 Å². The fourth-order valence-electron chi connectivity index (χ4n) is 3.49. The van der Waals surface area contributed by atoms with Crippen molar-refractivity contribution in [2.45, 2.75) is 31.6 Å². The maximum atomic E-state index is 13.8. The molecule has 2 aromatic carbocycles. The number of halogens is 1. The molecule has 2 atom stereocenters. The lowest BCUT2D eigenvalue weighted by Crippen LogP contribution is -2.14. The van der Waals surface area contributed by atoms with Crippen LogP contribution in [0.5, 0.6) is 0 Å². The molecule has 1 N–H and O–H groups in total. The van der Waals surface area contributed by atoms with Crippen LogP contribution in [0, 0.1) is 11.7 Å². The van der Waals surface area contributed by atoms with Crippen molar-refractivity contribution >= 4 is 11.6 Å². The van der Waals surface area contributed by atoms with E-state index in [9.17, 15) is 9.18 Å². The van der Waals surface area contributed by atoms with Crippen molar-refractivity contribution in [3.8, 4) is 0 Å². The lowest BCUT2D eigenvalue weighted by atomic mass is 10.1. The van der Waals surface area contributed by atoms with Crippen molar-refractivity contribution < 1.29 is 9.18 Å². The van der Waals surface area contributed by atoms with Crippen LogP contribution in [0.4, 0.5) is 10.1 Å². The van der Waals surface area contributed by atoms with E-state index in [0.29, 0.717) is 5.56 Å². The van der Waals surface area contributed by atoms with Gasteiger partial charge in [0, 0.05) is 11.6 Å². The molecule has 22 heavy (non-hydrogen) atoms. The summed E-state index contributed by atoms with van der Waals surface area (Å²) in [6.45, 7) is 0. The Morgan fingerprint density at radius 2 is 1.91 bits per heavy atom. The Morgan fingerprint density at radius 3 is 2.77 bits per heavy atom. The highest BCUT2D eigenvalue weighted by Crippen LogP contribution is 2.48. The van der Waals surface area contributed by atoms with E-state index in [2.05, 4.69) is 17.4 Å². The van der Waals surface area contributed by atoms with E-state index >= 15 is 0 Å². The number of benzene rings is 2. The van der Waals surface area contributed by atoms with Crippen LogP contribution in [-0.2, 0) is 17.6 Å². The molecular formula is C19H18FNO. The van der Waals surface area contributed by atoms with Gasteiger partial charge >= 0.3 is 0 Å². The van der Waals surface area contributed by atoms with Crippen LogP contribution in [0.3, 0.4) is 0 Å². The van der Waals surface area contributed by atoms with Gasteiger partial charge in [0.15, 0.2) is 0 Å². The Morgan fingerprint density at radius 1 is 1.09 bits per heavy atom. The molecule has 0 aliphatic heterocycles. The molecule has 1 saturated carbocycles. The largest absolute Gasteiger partial charge is 0.326 e. The summed E-state index contributed by atoms with van der Waals surface area (Å²) in [6.07, 6.45) is 4.17. The monoisotopic (exact) mass is 295 g/mol. The van der Waals surface area contributed by atoms with Crippen LogP contribution < -0.4 is 5.32 Å². The number of nitrogens with one attached hydrogen (secondary N) is 1. The summed E-state index contributed by atoms with van der Waals surface area (Å²) in [7, 11) is 0. The first-order valence-corrected chi connectivity index (χ1v) is 7.89. The van der Waals surface area contributed by atoms with Crippen molar-refractivity contribution in [2.24, 2.45) is 5.92 Å². The van der Waals surface area contributed by atoms with Gasteiger partial charge in [-0.1, -0.05) is 24.3 Å². The first kappa shape index (κ1) is 13.5. The summed E-state index contributed by atoms with van der Waals surface area (Å²) in [5.41, 5.74) is 4.27. The lowest BCUT2D eigenvalue weighted by Gasteiger charge is -2.08. The number of hydrogen-bond acceptors (Lipinski definition) is 1. The molecule has 0 radical (unpaired) electrons. The van der Waals surface area contributed by atoms with Crippen LogP contribution in [0.25, 0.3) is 0 Å². The zero-order valence-electron chi connectivity index (χ0n) is 12.3. The second kappa shape index (κ2) is 5.24. The predicted octanol–water partition coefficient (Wildman–Crippen LogP) is 4.06. The van der Waals surface area contributed by atoms with Gasteiger partial charge in [0.2, 0.25) is 5.91 Å². The minimum Gasteiger partial charge on any atom is -0.326 e. The van der Waals surface area contributed by atoms with Gasteiger partial charge in [0.05, 0.1) is 0 Å². The molecule has 3 heteroatoms. The Bertz CT molecular complexity index is 740. The summed E-state index contributed by atoms with van der Waals surface area (Å²) in [4.78, 5) is 12.3. The molecule has 2 unspecified atom stereocenters. The molecule has 0 bridgehead atoms. The van der Waals surface area contributed by atoms with Crippen molar-refractivity contribution in [1.29, 1.82) is 0 Å². The number of aryl methyl sites for hydroxylation is 2. The fourth-order valence-corrected chi connectivity index (χ4v) is 3.49. The number of carbonyl (C=O) groups is 1. The standard InChI is InChI=1S/C19H18FNO/c20-18-7-2-1-6-15(18)16-11-17(16)19(22)21-14-9-8-12-4-3-5-13(12)10-14/h1-2,6-10,16-17H,3-5,11H2,(H,21,22). The van der Waals surface area contributed by atoms with Crippen LogP contribution in [0.15, 0.2) is 42.5 Å². The van der Waals surface area contributed by atoms with Crippen LogP contribution >= 0.6 is 0 Å². The molecule has 2 aliphatic rings. The van der Waals surface area contributed by atoms with Gasteiger partial charge in [-0.05, 0) is 66.5 Å². The van der Waals surface area contributed by atoms with Gasteiger partial charge in [0.1, 0.15) is 5.82 Å². The van der Waals surface area contributed by atoms with Gasteiger partial charge < -0.3 is 5.32 Å². The van der Waals surface area contributed by atoms with Crippen LogP contribution in [-0.4, -0.2) is 5.91 Å². The lowest BCUT2D eigenvalue weighted by molar-refractivity contribution is -0.117. The number of rotatable bonds is 3. The number of anilines is 1.